The second kappa shape index (κ2) is 7.91. The Morgan fingerprint density at radius 2 is 1.92 bits per heavy atom. The summed E-state index contributed by atoms with van der Waals surface area (Å²) in [6, 6.07) is 7.11. The molecule has 0 aliphatic rings. The summed E-state index contributed by atoms with van der Waals surface area (Å²) in [6.07, 6.45) is -4.72. The zero-order valence-corrected chi connectivity index (χ0v) is 12.7. The number of hydrazone groups is 1. The van der Waals surface area contributed by atoms with E-state index in [2.05, 4.69) is 15.6 Å². The number of nitrogens with one attached hydrogen (secondary N) is 1. The summed E-state index contributed by atoms with van der Waals surface area (Å²) in [4.78, 5) is 11.7. The molecule has 0 saturated carbocycles. The van der Waals surface area contributed by atoms with E-state index in [0.29, 0.717) is 21.3 Å². The van der Waals surface area contributed by atoms with E-state index < -0.39 is 36.7 Å². The third-order valence-corrected chi connectivity index (χ3v) is 3.10. The van der Waals surface area contributed by atoms with Gasteiger partial charge in [-0.15, -0.1) is 0 Å². The maximum absolute atomic E-state index is 12.8. The summed E-state index contributed by atoms with van der Waals surface area (Å²) in [5, 5.41) is 7.48. The quantitative estimate of drug-likeness (QED) is 0.485. The standard InChI is InChI=1S/C14H11ClF4N4O/c15-9-3-1-8(2-4-9)6-20-21-12(24)7-23-11(14(18)19)5-10(22-23)13(16)17/h1-6,13-14H,7H2,(H,21,24)/b20-6+. The molecule has 1 aromatic carbocycles. The summed E-state index contributed by atoms with van der Waals surface area (Å²) < 4.78 is 51.1. The first-order chi connectivity index (χ1) is 11.4. The Kier molecular flexibility index (Phi) is 5.91. The van der Waals surface area contributed by atoms with Gasteiger partial charge in [-0.2, -0.15) is 10.2 Å². The summed E-state index contributed by atoms with van der Waals surface area (Å²) in [5.74, 6) is -0.786. The van der Waals surface area contributed by atoms with Crippen LogP contribution in [0.5, 0.6) is 0 Å². The maximum atomic E-state index is 12.8. The fourth-order valence-electron chi connectivity index (χ4n) is 1.76. The first kappa shape index (κ1) is 17.9. The SMILES string of the molecule is O=C(Cn1nc(C(F)F)cc1C(F)F)N/N=C/c1ccc(Cl)cc1. The Labute approximate surface area is 138 Å². The van der Waals surface area contributed by atoms with Crippen LogP contribution in [-0.2, 0) is 11.3 Å². The third kappa shape index (κ3) is 4.79. The Balaban J connectivity index is 2.00. The third-order valence-electron chi connectivity index (χ3n) is 2.84. The number of carbonyl (C=O) groups excluding carboxylic acids is 1. The molecule has 0 fully saturated rings. The summed E-state index contributed by atoms with van der Waals surface area (Å²) in [7, 11) is 0. The van der Waals surface area contributed by atoms with E-state index in [1.807, 2.05) is 0 Å². The monoisotopic (exact) mass is 362 g/mol. The highest BCUT2D eigenvalue weighted by Crippen LogP contribution is 2.24. The van der Waals surface area contributed by atoms with Crippen LogP contribution >= 0.6 is 11.6 Å². The minimum Gasteiger partial charge on any atom is -0.271 e. The van der Waals surface area contributed by atoms with Gasteiger partial charge in [0, 0.05) is 5.02 Å². The van der Waals surface area contributed by atoms with E-state index in [9.17, 15) is 22.4 Å². The van der Waals surface area contributed by atoms with Crippen molar-refractivity contribution in [2.75, 3.05) is 0 Å². The largest absolute Gasteiger partial charge is 0.282 e. The minimum absolute atomic E-state index is 0.527. The number of rotatable bonds is 6. The smallest absolute Gasteiger partial charge is 0.271 e. The highest BCUT2D eigenvalue weighted by molar-refractivity contribution is 6.30. The first-order valence-corrected chi connectivity index (χ1v) is 6.96. The zero-order chi connectivity index (χ0) is 17.7. The molecular formula is C14H11ClF4N4O. The molecule has 5 nitrogen and oxygen atoms in total. The van der Waals surface area contributed by atoms with Gasteiger partial charge in [-0.25, -0.2) is 23.0 Å². The number of benzene rings is 1. The van der Waals surface area contributed by atoms with E-state index in [0.717, 1.165) is 0 Å². The van der Waals surface area contributed by atoms with E-state index in [4.69, 9.17) is 11.6 Å². The average Bonchev–Trinajstić information content (AvgIpc) is 2.93. The van der Waals surface area contributed by atoms with Crippen LogP contribution in [0.3, 0.4) is 0 Å². The van der Waals surface area contributed by atoms with Crippen LogP contribution < -0.4 is 5.43 Å². The number of alkyl halides is 4. The van der Waals surface area contributed by atoms with Gasteiger partial charge in [0.05, 0.1) is 6.21 Å². The number of amides is 1. The van der Waals surface area contributed by atoms with Crippen LogP contribution in [0.1, 0.15) is 29.8 Å². The van der Waals surface area contributed by atoms with E-state index in [1.54, 1.807) is 24.3 Å². The van der Waals surface area contributed by atoms with Crippen LogP contribution in [0, 0.1) is 0 Å². The molecule has 0 radical (unpaired) electrons. The van der Waals surface area contributed by atoms with Gasteiger partial charge >= 0.3 is 0 Å². The molecule has 1 aromatic heterocycles. The minimum atomic E-state index is -3.03. The molecule has 0 saturated heterocycles. The summed E-state index contributed by atoms with van der Waals surface area (Å²) in [6.45, 7) is -0.662. The lowest BCUT2D eigenvalue weighted by Gasteiger charge is -2.05. The van der Waals surface area contributed by atoms with Crippen LogP contribution in [0.2, 0.25) is 5.02 Å². The van der Waals surface area contributed by atoms with Gasteiger partial charge in [-0.05, 0) is 23.8 Å². The fourth-order valence-corrected chi connectivity index (χ4v) is 1.89. The van der Waals surface area contributed by atoms with Crippen molar-refractivity contribution in [3.63, 3.8) is 0 Å². The topological polar surface area (TPSA) is 59.3 Å². The van der Waals surface area contributed by atoms with Gasteiger partial charge in [-0.1, -0.05) is 23.7 Å². The van der Waals surface area contributed by atoms with Gasteiger partial charge in [0.25, 0.3) is 18.8 Å². The first-order valence-electron chi connectivity index (χ1n) is 6.58. The predicted molar refractivity (Wildman–Crippen MR) is 79.3 cm³/mol. The molecule has 0 aliphatic carbocycles. The van der Waals surface area contributed by atoms with Gasteiger partial charge in [0.15, 0.2) is 0 Å². The molecular weight excluding hydrogens is 352 g/mol. The van der Waals surface area contributed by atoms with Crippen LogP contribution in [0.4, 0.5) is 17.6 Å². The van der Waals surface area contributed by atoms with Gasteiger partial charge in [0.1, 0.15) is 17.9 Å². The Morgan fingerprint density at radius 1 is 1.25 bits per heavy atom. The predicted octanol–water partition coefficient (Wildman–Crippen LogP) is 3.56. The van der Waals surface area contributed by atoms with Crippen molar-refractivity contribution in [1.82, 2.24) is 15.2 Å². The number of hydrogen-bond donors (Lipinski definition) is 1. The number of carbonyl (C=O) groups is 1. The normalized spacial score (nSPS) is 11.6. The van der Waals surface area contributed by atoms with Crippen molar-refractivity contribution in [2.24, 2.45) is 5.10 Å². The second-order valence-corrected chi connectivity index (χ2v) is 5.03. The molecule has 2 aromatic rings. The average molecular weight is 363 g/mol. The lowest BCUT2D eigenvalue weighted by molar-refractivity contribution is -0.121. The molecule has 0 atom stereocenters. The molecule has 10 heteroatoms. The summed E-state index contributed by atoms with van der Waals surface area (Å²) in [5.41, 5.74) is 1.17. The van der Waals surface area contributed by atoms with Crippen molar-refractivity contribution in [3.8, 4) is 0 Å². The molecule has 0 aliphatic heterocycles. The van der Waals surface area contributed by atoms with E-state index >= 15 is 0 Å². The zero-order valence-electron chi connectivity index (χ0n) is 12.0. The van der Waals surface area contributed by atoms with E-state index in [1.165, 1.54) is 6.21 Å². The lowest BCUT2D eigenvalue weighted by atomic mass is 10.2. The molecule has 24 heavy (non-hydrogen) atoms. The summed E-state index contributed by atoms with van der Waals surface area (Å²) >= 11 is 5.71. The van der Waals surface area contributed by atoms with Crippen molar-refractivity contribution in [2.45, 2.75) is 19.4 Å². The Morgan fingerprint density at radius 3 is 2.50 bits per heavy atom. The molecule has 1 heterocycles. The lowest BCUT2D eigenvalue weighted by Crippen LogP contribution is -2.25. The highest BCUT2D eigenvalue weighted by Gasteiger charge is 2.22. The van der Waals surface area contributed by atoms with Crippen LogP contribution in [0.15, 0.2) is 35.4 Å². The van der Waals surface area contributed by atoms with Crippen LogP contribution in [0.25, 0.3) is 0 Å². The van der Waals surface area contributed by atoms with Gasteiger partial charge in [-0.3, -0.25) is 9.48 Å². The molecule has 0 spiro atoms. The Bertz CT molecular complexity index is 731. The van der Waals surface area contributed by atoms with Gasteiger partial charge in [0.2, 0.25) is 0 Å². The number of halogens is 5. The maximum Gasteiger partial charge on any atom is 0.282 e. The molecule has 0 unspecified atom stereocenters. The molecule has 2 rings (SSSR count). The molecule has 128 valence electrons. The number of hydrogen-bond acceptors (Lipinski definition) is 3. The van der Waals surface area contributed by atoms with Crippen LogP contribution in [-0.4, -0.2) is 21.9 Å². The highest BCUT2D eigenvalue weighted by atomic mass is 35.5. The number of aromatic nitrogens is 2. The Hall–Kier alpha value is -2.42. The van der Waals surface area contributed by atoms with Crippen molar-refractivity contribution in [1.29, 1.82) is 0 Å². The molecule has 1 amide bonds. The van der Waals surface area contributed by atoms with E-state index in [-0.39, 0.29) is 0 Å². The fraction of sp³-hybridized carbons (Fsp3) is 0.214. The van der Waals surface area contributed by atoms with Gasteiger partial charge < -0.3 is 0 Å². The molecule has 1 N–H and O–H groups in total. The second-order valence-electron chi connectivity index (χ2n) is 4.60. The number of nitrogens with zero attached hydrogens (tertiary/aromatic N) is 3. The molecule has 0 bridgehead atoms. The van der Waals surface area contributed by atoms with Crippen molar-refractivity contribution in [3.05, 3.63) is 52.3 Å². The van der Waals surface area contributed by atoms with Crippen molar-refractivity contribution < 1.29 is 22.4 Å². The van der Waals surface area contributed by atoms with Crippen molar-refractivity contribution >= 4 is 23.7 Å².